The third-order valence-corrected chi connectivity index (χ3v) is 3.97. The number of hydrogen-bond donors (Lipinski definition) is 1. The van der Waals surface area contributed by atoms with Crippen LogP contribution >= 0.6 is 11.8 Å². The lowest BCUT2D eigenvalue weighted by Gasteiger charge is -2.25. The number of hydrogen-bond acceptors (Lipinski definition) is 4. The van der Waals surface area contributed by atoms with Gasteiger partial charge in [-0.05, 0) is 30.9 Å². The first kappa shape index (κ1) is 14.9. The van der Waals surface area contributed by atoms with E-state index in [0.29, 0.717) is 0 Å². The Labute approximate surface area is 124 Å². The molecule has 2 N–H and O–H groups in total. The van der Waals surface area contributed by atoms with E-state index < -0.39 is 0 Å². The van der Waals surface area contributed by atoms with Crippen molar-refractivity contribution < 1.29 is 4.74 Å². The second kappa shape index (κ2) is 7.31. The highest BCUT2D eigenvalue weighted by molar-refractivity contribution is 7.98. The molecule has 2 unspecified atom stereocenters. The number of benzene rings is 1. The van der Waals surface area contributed by atoms with Crippen molar-refractivity contribution in [3.63, 3.8) is 0 Å². The molecule has 0 aliphatic heterocycles. The molecule has 0 saturated heterocycles. The van der Waals surface area contributed by atoms with Gasteiger partial charge in [0.2, 0.25) is 0 Å². The molecule has 1 aromatic carbocycles. The number of thioether (sulfide) groups is 1. The number of nitrogens with two attached hydrogens (primary N) is 1. The highest BCUT2D eigenvalue weighted by Gasteiger charge is 2.21. The molecule has 3 nitrogen and oxygen atoms in total. The van der Waals surface area contributed by atoms with Crippen LogP contribution < -0.4 is 10.5 Å². The lowest BCUT2D eigenvalue weighted by Crippen LogP contribution is -2.31. The predicted molar refractivity (Wildman–Crippen MR) is 84.1 cm³/mol. The summed E-state index contributed by atoms with van der Waals surface area (Å²) in [4.78, 5) is 5.28. The van der Waals surface area contributed by atoms with E-state index in [1.807, 2.05) is 42.8 Å². The van der Waals surface area contributed by atoms with Crippen LogP contribution in [0.2, 0.25) is 0 Å². The first-order valence-corrected chi connectivity index (χ1v) is 7.94. The largest absolute Gasteiger partial charge is 0.483 e. The van der Waals surface area contributed by atoms with E-state index in [1.165, 1.54) is 0 Å². The van der Waals surface area contributed by atoms with Crippen LogP contribution in [-0.2, 0) is 0 Å². The normalized spacial score (nSPS) is 13.8. The molecule has 0 radical (unpaired) electrons. The number of pyridine rings is 1. The highest BCUT2D eigenvalue weighted by atomic mass is 32.2. The molecule has 0 saturated carbocycles. The molecule has 2 aromatic rings. The van der Waals surface area contributed by atoms with E-state index in [0.717, 1.165) is 22.6 Å². The van der Waals surface area contributed by atoms with Crippen LogP contribution in [0, 0.1) is 0 Å². The summed E-state index contributed by atoms with van der Waals surface area (Å²) in [5.41, 5.74) is 7.24. The molecular weight excluding hydrogens is 268 g/mol. The van der Waals surface area contributed by atoms with Gasteiger partial charge in [0.25, 0.3) is 0 Å². The molecule has 1 aromatic heterocycles. The van der Waals surface area contributed by atoms with Crippen LogP contribution in [-0.4, -0.2) is 17.3 Å². The van der Waals surface area contributed by atoms with Gasteiger partial charge >= 0.3 is 0 Å². The zero-order valence-corrected chi connectivity index (χ0v) is 12.6. The molecule has 0 amide bonds. The number of para-hydroxylation sites is 1. The van der Waals surface area contributed by atoms with Gasteiger partial charge in [-0.2, -0.15) is 0 Å². The predicted octanol–water partition coefficient (Wildman–Crippen LogP) is 3.66. The minimum atomic E-state index is -0.179. The summed E-state index contributed by atoms with van der Waals surface area (Å²) in [6, 6.07) is 11.9. The van der Waals surface area contributed by atoms with Crippen molar-refractivity contribution in [1.82, 2.24) is 4.98 Å². The summed E-state index contributed by atoms with van der Waals surface area (Å²) in [6.45, 7) is 2.07. The van der Waals surface area contributed by atoms with E-state index in [1.54, 1.807) is 18.0 Å². The van der Waals surface area contributed by atoms with E-state index in [2.05, 4.69) is 18.0 Å². The number of rotatable bonds is 6. The Morgan fingerprint density at radius 1 is 1.25 bits per heavy atom. The molecule has 2 rings (SSSR count). The van der Waals surface area contributed by atoms with Crippen molar-refractivity contribution >= 4 is 11.8 Å². The zero-order valence-electron chi connectivity index (χ0n) is 11.8. The third-order valence-electron chi connectivity index (χ3n) is 3.20. The van der Waals surface area contributed by atoms with Crippen molar-refractivity contribution in [3.8, 4) is 5.75 Å². The van der Waals surface area contributed by atoms with Gasteiger partial charge in [0, 0.05) is 28.9 Å². The lowest BCUT2D eigenvalue weighted by molar-refractivity contribution is 0.166. The van der Waals surface area contributed by atoms with E-state index in [-0.39, 0.29) is 12.1 Å². The van der Waals surface area contributed by atoms with Crippen LogP contribution in [0.25, 0.3) is 0 Å². The topological polar surface area (TPSA) is 48.1 Å². The molecule has 0 fully saturated rings. The maximum Gasteiger partial charge on any atom is 0.140 e. The van der Waals surface area contributed by atoms with Crippen molar-refractivity contribution in [2.24, 2.45) is 5.73 Å². The Bertz CT molecular complexity index is 533. The highest BCUT2D eigenvalue weighted by Crippen LogP contribution is 2.32. The SMILES string of the molecule is CCC(N)C(Oc1ccccc1SC)c1cccnc1. The maximum atomic E-state index is 6.23. The van der Waals surface area contributed by atoms with Gasteiger partial charge in [-0.15, -0.1) is 11.8 Å². The monoisotopic (exact) mass is 288 g/mol. The minimum Gasteiger partial charge on any atom is -0.483 e. The minimum absolute atomic E-state index is 0.0610. The summed E-state index contributed by atoms with van der Waals surface area (Å²) in [5.74, 6) is 0.873. The van der Waals surface area contributed by atoms with E-state index in [4.69, 9.17) is 10.5 Å². The summed E-state index contributed by atoms with van der Waals surface area (Å²) >= 11 is 1.67. The fourth-order valence-corrected chi connectivity index (χ4v) is 2.55. The maximum absolute atomic E-state index is 6.23. The number of aromatic nitrogens is 1. The Morgan fingerprint density at radius 3 is 2.70 bits per heavy atom. The Kier molecular flexibility index (Phi) is 5.44. The summed E-state index contributed by atoms with van der Waals surface area (Å²) in [5, 5.41) is 0. The molecule has 4 heteroatoms. The van der Waals surface area contributed by atoms with Crippen molar-refractivity contribution in [2.45, 2.75) is 30.4 Å². The average molecular weight is 288 g/mol. The van der Waals surface area contributed by atoms with Crippen LogP contribution in [0.3, 0.4) is 0 Å². The van der Waals surface area contributed by atoms with Crippen LogP contribution in [0.15, 0.2) is 53.7 Å². The van der Waals surface area contributed by atoms with Crippen LogP contribution in [0.5, 0.6) is 5.75 Å². The average Bonchev–Trinajstić information content (AvgIpc) is 2.53. The molecule has 0 aliphatic rings. The second-order valence-corrected chi connectivity index (χ2v) is 5.40. The molecule has 2 atom stereocenters. The molecule has 0 bridgehead atoms. The molecular formula is C16H20N2OS. The van der Waals surface area contributed by atoms with Crippen molar-refractivity contribution in [2.75, 3.05) is 6.26 Å². The van der Waals surface area contributed by atoms with Gasteiger partial charge in [0.05, 0.1) is 0 Å². The Morgan fingerprint density at radius 2 is 2.05 bits per heavy atom. The van der Waals surface area contributed by atoms with Gasteiger partial charge in [-0.1, -0.05) is 25.1 Å². The van der Waals surface area contributed by atoms with E-state index in [9.17, 15) is 0 Å². The molecule has 106 valence electrons. The number of ether oxygens (including phenoxy) is 1. The first-order chi connectivity index (χ1) is 9.76. The van der Waals surface area contributed by atoms with Crippen LogP contribution in [0.4, 0.5) is 0 Å². The second-order valence-electron chi connectivity index (χ2n) is 4.55. The summed E-state index contributed by atoms with van der Waals surface area (Å²) < 4.78 is 6.19. The number of nitrogens with zero attached hydrogens (tertiary/aromatic N) is 1. The van der Waals surface area contributed by atoms with Crippen LogP contribution in [0.1, 0.15) is 25.0 Å². The zero-order chi connectivity index (χ0) is 14.4. The van der Waals surface area contributed by atoms with Gasteiger partial charge in [0.1, 0.15) is 11.9 Å². The Balaban J connectivity index is 2.29. The molecule has 0 spiro atoms. The summed E-state index contributed by atoms with van der Waals surface area (Å²) in [6.07, 6.45) is 6.29. The van der Waals surface area contributed by atoms with Gasteiger partial charge < -0.3 is 10.5 Å². The van der Waals surface area contributed by atoms with Gasteiger partial charge in [-0.3, -0.25) is 4.98 Å². The quantitative estimate of drug-likeness (QED) is 0.824. The lowest BCUT2D eigenvalue weighted by atomic mass is 10.0. The fourth-order valence-electron chi connectivity index (χ4n) is 2.01. The van der Waals surface area contributed by atoms with Crippen molar-refractivity contribution in [3.05, 3.63) is 54.4 Å². The standard InChI is InChI=1S/C16H20N2OS/c1-3-13(17)16(12-7-6-10-18-11-12)19-14-8-4-5-9-15(14)20-2/h4-11,13,16H,3,17H2,1-2H3. The Hall–Kier alpha value is -1.52. The van der Waals surface area contributed by atoms with E-state index >= 15 is 0 Å². The molecule has 1 heterocycles. The van der Waals surface area contributed by atoms with Gasteiger partial charge in [0.15, 0.2) is 0 Å². The van der Waals surface area contributed by atoms with Gasteiger partial charge in [-0.25, -0.2) is 0 Å². The smallest absolute Gasteiger partial charge is 0.140 e. The molecule has 20 heavy (non-hydrogen) atoms. The third kappa shape index (κ3) is 3.52. The molecule has 0 aliphatic carbocycles. The fraction of sp³-hybridized carbons (Fsp3) is 0.312. The first-order valence-electron chi connectivity index (χ1n) is 6.71. The summed E-state index contributed by atoms with van der Waals surface area (Å²) in [7, 11) is 0. The van der Waals surface area contributed by atoms with Crippen molar-refractivity contribution in [1.29, 1.82) is 0 Å².